The number of rotatable bonds is 4. The molecule has 2 bridgehead atoms. The van der Waals surface area contributed by atoms with E-state index in [0.717, 1.165) is 0 Å². The molecule has 8 heteroatoms. The predicted molar refractivity (Wildman–Crippen MR) is 104 cm³/mol. The third kappa shape index (κ3) is 3.25. The molecule has 0 spiro atoms. The fraction of sp³-hybridized carbons (Fsp3) is 0.727. The number of Topliss-reactive ketones (excluding diaryl/α,β-unsaturated/α-hetero) is 1. The number of ketones is 1. The van der Waals surface area contributed by atoms with Crippen LogP contribution in [0.4, 0.5) is 0 Å². The Kier molecular flexibility index (Phi) is 5.84. The second-order valence-corrected chi connectivity index (χ2v) is 9.02. The summed E-state index contributed by atoms with van der Waals surface area (Å²) in [7, 11) is 0. The number of carbonyl (C=O) groups is 4. The molecular formula is C22H30O8. The Balaban J connectivity index is 2.20. The molecule has 1 aliphatic heterocycles. The van der Waals surface area contributed by atoms with Crippen molar-refractivity contribution in [3.8, 4) is 0 Å². The van der Waals surface area contributed by atoms with Gasteiger partial charge in [-0.2, -0.15) is 0 Å². The van der Waals surface area contributed by atoms with Crippen molar-refractivity contribution in [2.45, 2.75) is 71.9 Å². The van der Waals surface area contributed by atoms with Crippen molar-refractivity contribution >= 4 is 23.7 Å². The topological polar surface area (TPSA) is 116 Å². The highest BCUT2D eigenvalue weighted by Crippen LogP contribution is 2.57. The first-order valence-electron chi connectivity index (χ1n) is 10.4. The van der Waals surface area contributed by atoms with Crippen LogP contribution in [0.25, 0.3) is 0 Å². The number of aliphatic hydroxyl groups excluding tert-OH is 1. The zero-order valence-corrected chi connectivity index (χ0v) is 18.0. The zero-order valence-electron chi connectivity index (χ0n) is 18.0. The lowest BCUT2D eigenvalue weighted by Gasteiger charge is -2.42. The summed E-state index contributed by atoms with van der Waals surface area (Å²) in [6.07, 6.45) is -3.53. The normalized spacial score (nSPS) is 41.4. The molecule has 1 heterocycles. The van der Waals surface area contributed by atoms with Crippen molar-refractivity contribution in [2.24, 2.45) is 29.1 Å². The lowest BCUT2D eigenvalue weighted by molar-refractivity contribution is -0.190. The number of fused-ring (bicyclic) bond motifs is 3. The maximum absolute atomic E-state index is 13.2. The molecule has 30 heavy (non-hydrogen) atoms. The summed E-state index contributed by atoms with van der Waals surface area (Å²) in [5, 5.41) is 10.8. The number of carbonyl (C=O) groups excluding carboxylic acids is 4. The van der Waals surface area contributed by atoms with Crippen molar-refractivity contribution in [2.75, 3.05) is 0 Å². The van der Waals surface area contributed by atoms with Gasteiger partial charge in [0.05, 0.1) is 23.4 Å². The largest absolute Gasteiger partial charge is 0.460 e. The Morgan fingerprint density at radius 2 is 1.97 bits per heavy atom. The SMILES string of the molecule is C=C1C(=O)OC2C(C)C3C(O)CC(=O)C3(C)C(OC(=O)C(C)CC)C1C2OC(C)=O. The van der Waals surface area contributed by atoms with Crippen LogP contribution in [0.3, 0.4) is 0 Å². The standard InChI is InChI=1S/C22H30O8/c1-7-9(2)20(26)30-19-15-10(3)21(27)29-17(18(15)28-12(5)23)11(4)16-13(24)8-14(25)22(16,19)6/h9,11,13,15-19,24H,3,7-8H2,1-2,4-6H3. The molecule has 2 aliphatic carbocycles. The van der Waals surface area contributed by atoms with Crippen molar-refractivity contribution in [1.29, 1.82) is 0 Å². The van der Waals surface area contributed by atoms with E-state index in [4.69, 9.17) is 14.2 Å². The van der Waals surface area contributed by atoms with E-state index in [1.165, 1.54) is 6.92 Å². The van der Waals surface area contributed by atoms with E-state index in [9.17, 15) is 24.3 Å². The summed E-state index contributed by atoms with van der Waals surface area (Å²) >= 11 is 0. The first-order valence-corrected chi connectivity index (χ1v) is 10.4. The number of hydrogen-bond acceptors (Lipinski definition) is 8. The molecule has 1 saturated heterocycles. The summed E-state index contributed by atoms with van der Waals surface area (Å²) in [5.74, 6) is -4.60. The van der Waals surface area contributed by atoms with Crippen LogP contribution < -0.4 is 0 Å². The summed E-state index contributed by atoms with van der Waals surface area (Å²) in [6, 6.07) is 0. The minimum Gasteiger partial charge on any atom is -0.460 e. The van der Waals surface area contributed by atoms with Crippen LogP contribution in [-0.2, 0) is 33.4 Å². The molecule has 3 rings (SSSR count). The number of aliphatic hydroxyl groups is 1. The van der Waals surface area contributed by atoms with Gasteiger partial charge in [0.2, 0.25) is 0 Å². The molecule has 0 radical (unpaired) electrons. The van der Waals surface area contributed by atoms with Gasteiger partial charge in [-0.15, -0.1) is 0 Å². The molecule has 9 unspecified atom stereocenters. The van der Waals surface area contributed by atoms with E-state index >= 15 is 0 Å². The molecule has 0 aromatic rings. The van der Waals surface area contributed by atoms with Crippen LogP contribution in [-0.4, -0.2) is 53.2 Å². The van der Waals surface area contributed by atoms with E-state index in [1.807, 2.05) is 6.92 Å². The molecule has 0 aromatic heterocycles. The van der Waals surface area contributed by atoms with Gasteiger partial charge in [0.25, 0.3) is 0 Å². The van der Waals surface area contributed by atoms with Gasteiger partial charge >= 0.3 is 17.9 Å². The fourth-order valence-corrected chi connectivity index (χ4v) is 5.45. The van der Waals surface area contributed by atoms with Crippen LogP contribution in [0.5, 0.6) is 0 Å². The molecule has 0 amide bonds. The Hall–Kier alpha value is -2.22. The first kappa shape index (κ1) is 22.5. The lowest BCUT2D eigenvalue weighted by atomic mass is 9.67. The molecule has 0 aromatic carbocycles. The van der Waals surface area contributed by atoms with Gasteiger partial charge in [0.1, 0.15) is 24.1 Å². The Morgan fingerprint density at radius 1 is 1.33 bits per heavy atom. The molecular weight excluding hydrogens is 392 g/mol. The molecule has 3 fully saturated rings. The number of esters is 3. The Labute approximate surface area is 175 Å². The second kappa shape index (κ2) is 7.80. The third-order valence-electron chi connectivity index (χ3n) is 7.25. The Bertz CT molecular complexity index is 788. The molecule has 1 N–H and O–H groups in total. The number of hydrogen-bond donors (Lipinski definition) is 1. The average molecular weight is 422 g/mol. The number of ether oxygens (including phenoxy) is 3. The van der Waals surface area contributed by atoms with Gasteiger partial charge in [-0.1, -0.05) is 27.4 Å². The van der Waals surface area contributed by atoms with Crippen LogP contribution in [0.15, 0.2) is 12.2 Å². The second-order valence-electron chi connectivity index (χ2n) is 9.02. The average Bonchev–Trinajstić information content (AvgIpc) is 2.87. The van der Waals surface area contributed by atoms with Crippen molar-refractivity contribution in [1.82, 2.24) is 0 Å². The Morgan fingerprint density at radius 3 is 2.53 bits per heavy atom. The summed E-state index contributed by atoms with van der Waals surface area (Å²) in [6.45, 7) is 12.0. The van der Waals surface area contributed by atoms with E-state index in [-0.39, 0.29) is 17.8 Å². The van der Waals surface area contributed by atoms with Crippen molar-refractivity contribution in [3.05, 3.63) is 12.2 Å². The van der Waals surface area contributed by atoms with E-state index in [1.54, 1.807) is 20.8 Å². The van der Waals surface area contributed by atoms with Gasteiger partial charge in [0, 0.05) is 30.8 Å². The van der Waals surface area contributed by atoms with E-state index in [0.29, 0.717) is 6.42 Å². The van der Waals surface area contributed by atoms with Gasteiger partial charge < -0.3 is 19.3 Å². The first-order chi connectivity index (χ1) is 13.9. The summed E-state index contributed by atoms with van der Waals surface area (Å²) in [5.41, 5.74) is -1.29. The molecule has 9 atom stereocenters. The maximum Gasteiger partial charge on any atom is 0.334 e. The van der Waals surface area contributed by atoms with Crippen molar-refractivity contribution < 1.29 is 38.5 Å². The van der Waals surface area contributed by atoms with Crippen LogP contribution in [0, 0.1) is 29.1 Å². The lowest BCUT2D eigenvalue weighted by Crippen LogP contribution is -2.55. The summed E-state index contributed by atoms with van der Waals surface area (Å²) in [4.78, 5) is 50.4. The fourth-order valence-electron chi connectivity index (χ4n) is 5.45. The van der Waals surface area contributed by atoms with Gasteiger partial charge in [-0.05, 0) is 13.3 Å². The van der Waals surface area contributed by atoms with Gasteiger partial charge in [0.15, 0.2) is 0 Å². The van der Waals surface area contributed by atoms with Crippen LogP contribution >= 0.6 is 0 Å². The molecule has 166 valence electrons. The van der Waals surface area contributed by atoms with E-state index in [2.05, 4.69) is 6.58 Å². The highest BCUT2D eigenvalue weighted by atomic mass is 16.6. The minimum atomic E-state index is -1.28. The molecule has 8 nitrogen and oxygen atoms in total. The van der Waals surface area contributed by atoms with Gasteiger partial charge in [-0.25, -0.2) is 4.79 Å². The highest BCUT2D eigenvalue weighted by Gasteiger charge is 2.68. The van der Waals surface area contributed by atoms with Crippen LogP contribution in [0.1, 0.15) is 47.5 Å². The third-order valence-corrected chi connectivity index (χ3v) is 7.25. The predicted octanol–water partition coefficient (Wildman–Crippen LogP) is 1.58. The maximum atomic E-state index is 13.2. The quantitative estimate of drug-likeness (QED) is 0.412. The van der Waals surface area contributed by atoms with Crippen molar-refractivity contribution in [3.63, 3.8) is 0 Å². The zero-order chi connectivity index (χ0) is 22.5. The smallest absolute Gasteiger partial charge is 0.334 e. The molecule has 3 aliphatic rings. The monoisotopic (exact) mass is 422 g/mol. The van der Waals surface area contributed by atoms with E-state index < -0.39 is 71.4 Å². The summed E-state index contributed by atoms with van der Waals surface area (Å²) < 4.78 is 17.0. The van der Waals surface area contributed by atoms with Crippen LogP contribution in [0.2, 0.25) is 0 Å². The highest BCUT2D eigenvalue weighted by molar-refractivity contribution is 5.93. The van der Waals surface area contributed by atoms with Gasteiger partial charge in [-0.3, -0.25) is 14.4 Å². The minimum absolute atomic E-state index is 0.0114. The molecule has 2 saturated carbocycles.